The van der Waals surface area contributed by atoms with E-state index in [0.717, 1.165) is 5.71 Å². The lowest BCUT2D eigenvalue weighted by Crippen LogP contribution is -2.19. The Balaban J connectivity index is 2.39. The molecule has 72 valence electrons. The minimum atomic E-state index is -0.434. The number of carbonyl (C=O) groups is 1. The number of allylic oxidation sites excluding steroid dienone is 2. The van der Waals surface area contributed by atoms with Crippen LogP contribution in [0.2, 0.25) is 0 Å². The van der Waals surface area contributed by atoms with Gasteiger partial charge in [-0.2, -0.15) is 0 Å². The molecule has 2 rings (SSSR count). The van der Waals surface area contributed by atoms with Gasteiger partial charge in [-0.25, -0.2) is 14.8 Å². The van der Waals surface area contributed by atoms with Gasteiger partial charge in [0.05, 0.1) is 24.1 Å². The van der Waals surface area contributed by atoms with Gasteiger partial charge >= 0.3 is 5.97 Å². The molecule has 0 saturated heterocycles. The number of ether oxygens (including phenoxy) is 1. The quantitative estimate of drug-likeness (QED) is 0.599. The van der Waals surface area contributed by atoms with Crippen molar-refractivity contribution in [3.8, 4) is 0 Å². The van der Waals surface area contributed by atoms with Crippen LogP contribution in [-0.4, -0.2) is 25.1 Å². The van der Waals surface area contributed by atoms with Crippen LogP contribution in [0.1, 0.15) is 6.42 Å². The zero-order valence-corrected chi connectivity index (χ0v) is 7.65. The fourth-order valence-corrected chi connectivity index (χ4v) is 1.36. The number of fused-ring (bicyclic) bond motifs is 1. The van der Waals surface area contributed by atoms with Crippen molar-refractivity contribution in [1.29, 1.82) is 0 Å². The molecule has 0 radical (unpaired) electrons. The highest BCUT2D eigenvalue weighted by Crippen LogP contribution is 2.22. The Morgan fingerprint density at radius 3 is 3.14 bits per heavy atom. The molecule has 0 atom stereocenters. The first kappa shape index (κ1) is 8.68. The standard InChI is InChI=1S/C9H9N3O2/c1-14-9(13)5-2-7-8(3-6(5)10)12-4-11-7/h2,4H,3,10H2,1H3. The summed E-state index contributed by atoms with van der Waals surface area (Å²) in [5.41, 5.74) is 8.06. The Morgan fingerprint density at radius 1 is 1.64 bits per heavy atom. The van der Waals surface area contributed by atoms with E-state index >= 15 is 0 Å². The van der Waals surface area contributed by atoms with E-state index in [1.165, 1.54) is 13.4 Å². The van der Waals surface area contributed by atoms with Crippen LogP contribution < -0.4 is 5.73 Å². The number of rotatable bonds is 1. The zero-order valence-electron chi connectivity index (χ0n) is 7.65. The van der Waals surface area contributed by atoms with Crippen molar-refractivity contribution in [2.24, 2.45) is 15.7 Å². The summed E-state index contributed by atoms with van der Waals surface area (Å²) in [6, 6.07) is 0. The van der Waals surface area contributed by atoms with Crippen molar-refractivity contribution in [2.45, 2.75) is 6.42 Å². The van der Waals surface area contributed by atoms with E-state index in [-0.39, 0.29) is 0 Å². The van der Waals surface area contributed by atoms with Gasteiger partial charge in [-0.15, -0.1) is 0 Å². The average molecular weight is 191 g/mol. The second-order valence-corrected chi connectivity index (χ2v) is 2.96. The smallest absolute Gasteiger partial charge is 0.339 e. The molecule has 0 fully saturated rings. The third-order valence-electron chi connectivity index (χ3n) is 2.10. The molecule has 1 heterocycles. The van der Waals surface area contributed by atoms with Gasteiger partial charge in [-0.1, -0.05) is 0 Å². The van der Waals surface area contributed by atoms with E-state index in [4.69, 9.17) is 5.73 Å². The first-order chi connectivity index (χ1) is 6.72. The largest absolute Gasteiger partial charge is 0.465 e. The summed E-state index contributed by atoms with van der Waals surface area (Å²) in [5.74, 6) is -0.434. The van der Waals surface area contributed by atoms with Gasteiger partial charge in [0.15, 0.2) is 0 Å². The molecule has 0 aromatic carbocycles. The Labute approximate surface area is 80.7 Å². The molecule has 2 aliphatic rings. The number of aliphatic imine (C=N–C) groups is 2. The van der Waals surface area contributed by atoms with Crippen LogP contribution in [0.25, 0.3) is 0 Å². The number of nitrogens with two attached hydrogens (primary N) is 1. The van der Waals surface area contributed by atoms with Gasteiger partial charge in [0.1, 0.15) is 6.34 Å². The summed E-state index contributed by atoms with van der Waals surface area (Å²) in [6.45, 7) is 0. The molecule has 5 heteroatoms. The van der Waals surface area contributed by atoms with Crippen molar-refractivity contribution < 1.29 is 9.53 Å². The van der Waals surface area contributed by atoms with E-state index in [9.17, 15) is 4.79 Å². The topological polar surface area (TPSA) is 77.0 Å². The fourth-order valence-electron chi connectivity index (χ4n) is 1.36. The van der Waals surface area contributed by atoms with E-state index < -0.39 is 5.97 Å². The predicted octanol–water partition coefficient (Wildman–Crippen LogP) is 0.143. The molecule has 2 N–H and O–H groups in total. The SMILES string of the molecule is COC(=O)C1=C(N)CC2=NC=NC2=C1. The van der Waals surface area contributed by atoms with Crippen LogP contribution in [0, 0.1) is 0 Å². The Morgan fingerprint density at radius 2 is 2.43 bits per heavy atom. The van der Waals surface area contributed by atoms with Gasteiger partial charge in [-0.3, -0.25) is 0 Å². The highest BCUT2D eigenvalue weighted by Gasteiger charge is 2.23. The van der Waals surface area contributed by atoms with Gasteiger partial charge in [0, 0.05) is 12.1 Å². The van der Waals surface area contributed by atoms with Crippen molar-refractivity contribution in [3.05, 3.63) is 23.0 Å². The molecule has 0 aromatic rings. The van der Waals surface area contributed by atoms with Crippen molar-refractivity contribution >= 4 is 18.0 Å². The van der Waals surface area contributed by atoms with Crippen LogP contribution in [-0.2, 0) is 9.53 Å². The molecule has 0 unspecified atom stereocenters. The molecule has 14 heavy (non-hydrogen) atoms. The lowest BCUT2D eigenvalue weighted by Gasteiger charge is -2.12. The Kier molecular flexibility index (Phi) is 1.92. The van der Waals surface area contributed by atoms with E-state index in [2.05, 4.69) is 14.7 Å². The second-order valence-electron chi connectivity index (χ2n) is 2.96. The summed E-state index contributed by atoms with van der Waals surface area (Å²) >= 11 is 0. The maximum Gasteiger partial charge on any atom is 0.339 e. The van der Waals surface area contributed by atoms with Gasteiger partial charge in [0.2, 0.25) is 0 Å². The lowest BCUT2D eigenvalue weighted by molar-refractivity contribution is -0.135. The normalized spacial score (nSPS) is 18.9. The average Bonchev–Trinajstić information content (AvgIpc) is 2.62. The molecule has 1 aliphatic heterocycles. The summed E-state index contributed by atoms with van der Waals surface area (Å²) in [4.78, 5) is 19.3. The van der Waals surface area contributed by atoms with Gasteiger partial charge in [0.25, 0.3) is 0 Å². The van der Waals surface area contributed by atoms with Gasteiger partial charge in [-0.05, 0) is 6.08 Å². The monoisotopic (exact) mass is 191 g/mol. The lowest BCUT2D eigenvalue weighted by atomic mass is 10.00. The first-order valence-electron chi connectivity index (χ1n) is 4.10. The Bertz CT molecular complexity index is 416. The molecule has 1 aliphatic carbocycles. The highest BCUT2D eigenvalue weighted by atomic mass is 16.5. The van der Waals surface area contributed by atoms with Crippen LogP contribution in [0.15, 0.2) is 33.0 Å². The number of methoxy groups -OCH3 is 1. The van der Waals surface area contributed by atoms with E-state index in [1.807, 2.05) is 0 Å². The van der Waals surface area contributed by atoms with Crippen molar-refractivity contribution in [3.63, 3.8) is 0 Å². The third-order valence-corrected chi connectivity index (χ3v) is 2.10. The highest BCUT2D eigenvalue weighted by molar-refractivity contribution is 6.12. The van der Waals surface area contributed by atoms with Crippen LogP contribution in [0.5, 0.6) is 0 Å². The van der Waals surface area contributed by atoms with E-state index in [0.29, 0.717) is 23.4 Å². The maximum absolute atomic E-state index is 11.3. The summed E-state index contributed by atoms with van der Waals surface area (Å²) in [6.07, 6.45) is 3.51. The second kappa shape index (κ2) is 3.10. The molecule has 0 amide bonds. The zero-order chi connectivity index (χ0) is 10.1. The Hall–Kier alpha value is -1.91. The minimum Gasteiger partial charge on any atom is -0.465 e. The van der Waals surface area contributed by atoms with Crippen molar-refractivity contribution in [2.75, 3.05) is 7.11 Å². The molecule has 0 aromatic heterocycles. The molecular weight excluding hydrogens is 182 g/mol. The van der Waals surface area contributed by atoms with E-state index in [1.54, 1.807) is 6.08 Å². The third kappa shape index (κ3) is 1.22. The predicted molar refractivity (Wildman–Crippen MR) is 51.9 cm³/mol. The van der Waals surface area contributed by atoms with Gasteiger partial charge < -0.3 is 10.5 Å². The number of nitrogens with zero attached hydrogens (tertiary/aromatic N) is 2. The fraction of sp³-hybridized carbons (Fsp3) is 0.222. The number of esters is 1. The number of carbonyl (C=O) groups excluding carboxylic acids is 1. The minimum absolute atomic E-state index is 0.375. The first-order valence-corrected chi connectivity index (χ1v) is 4.10. The van der Waals surface area contributed by atoms with Crippen LogP contribution >= 0.6 is 0 Å². The summed E-state index contributed by atoms with van der Waals surface area (Å²) < 4.78 is 4.60. The number of hydrogen-bond acceptors (Lipinski definition) is 5. The maximum atomic E-state index is 11.3. The molecule has 0 bridgehead atoms. The number of hydrogen-bond donors (Lipinski definition) is 1. The molecule has 0 saturated carbocycles. The summed E-state index contributed by atoms with van der Waals surface area (Å²) in [7, 11) is 1.32. The van der Waals surface area contributed by atoms with Crippen LogP contribution in [0.3, 0.4) is 0 Å². The van der Waals surface area contributed by atoms with Crippen LogP contribution in [0.4, 0.5) is 0 Å². The molecule has 0 spiro atoms. The van der Waals surface area contributed by atoms with Crippen molar-refractivity contribution in [1.82, 2.24) is 0 Å². The molecular formula is C9H9N3O2. The molecule has 5 nitrogen and oxygen atoms in total. The summed E-state index contributed by atoms with van der Waals surface area (Å²) in [5, 5.41) is 0.